The highest BCUT2D eigenvalue weighted by Gasteiger charge is 2.36. The Morgan fingerprint density at radius 2 is 2.07 bits per heavy atom. The first-order chi connectivity index (χ1) is 12.8. The molecule has 0 aromatic heterocycles. The zero-order valence-corrected chi connectivity index (χ0v) is 17.0. The molecule has 150 valence electrons. The van der Waals surface area contributed by atoms with Gasteiger partial charge in [0.2, 0.25) is 12.7 Å². The number of ether oxygens (including phenoxy) is 3. The number of hydrogen-bond acceptors (Lipinski definition) is 6. The first-order valence-electron chi connectivity index (χ1n) is 9.31. The molecule has 2 N–H and O–H groups in total. The van der Waals surface area contributed by atoms with Gasteiger partial charge in [-0.05, 0) is 30.5 Å². The normalized spacial score (nSPS) is 23.3. The van der Waals surface area contributed by atoms with Gasteiger partial charge in [0.1, 0.15) is 0 Å². The van der Waals surface area contributed by atoms with Crippen molar-refractivity contribution in [3.8, 4) is 11.5 Å². The Labute approximate surface area is 170 Å². The Kier molecular flexibility index (Phi) is 7.14. The van der Waals surface area contributed by atoms with E-state index in [1.807, 2.05) is 17.8 Å². The van der Waals surface area contributed by atoms with Crippen LogP contribution < -0.4 is 20.1 Å². The maximum Gasteiger partial charge on any atom is 0.231 e. The fourth-order valence-electron chi connectivity index (χ4n) is 3.87. The fraction of sp³-hybridized carbons (Fsp3) is 0.632. The van der Waals surface area contributed by atoms with Crippen molar-refractivity contribution in [2.75, 3.05) is 44.6 Å². The molecule has 0 aliphatic carbocycles. The average molecular weight is 415 g/mol. The Morgan fingerprint density at radius 3 is 2.85 bits per heavy atom. The Bertz CT molecular complexity index is 649. The third-order valence-electron chi connectivity index (χ3n) is 5.49. The highest BCUT2D eigenvalue weighted by atomic mass is 35.5. The molecule has 0 radical (unpaired) electrons. The smallest absolute Gasteiger partial charge is 0.231 e. The van der Waals surface area contributed by atoms with Crippen LogP contribution in [0.3, 0.4) is 0 Å². The molecule has 1 aromatic rings. The number of nitrogens with one attached hydrogen (secondary N) is 2. The molecule has 1 unspecified atom stereocenters. The van der Waals surface area contributed by atoms with E-state index < -0.39 is 0 Å². The number of thioether (sulfide) groups is 1. The summed E-state index contributed by atoms with van der Waals surface area (Å²) < 4.78 is 16.6. The molecule has 3 aliphatic heterocycles. The third kappa shape index (κ3) is 4.83. The summed E-state index contributed by atoms with van der Waals surface area (Å²) >= 11 is 1.91. The van der Waals surface area contributed by atoms with E-state index in [2.05, 4.69) is 22.8 Å². The van der Waals surface area contributed by atoms with Gasteiger partial charge in [0.15, 0.2) is 11.5 Å². The minimum Gasteiger partial charge on any atom is -0.454 e. The first kappa shape index (κ1) is 20.6. The number of carbonyl (C=O) groups excluding carboxylic acids is 1. The second-order valence-corrected chi connectivity index (χ2v) is 8.32. The van der Waals surface area contributed by atoms with E-state index in [1.165, 1.54) is 5.56 Å². The van der Waals surface area contributed by atoms with Gasteiger partial charge in [0.25, 0.3) is 0 Å². The van der Waals surface area contributed by atoms with Crippen molar-refractivity contribution in [3.05, 3.63) is 23.8 Å². The van der Waals surface area contributed by atoms with Crippen molar-refractivity contribution in [2.24, 2.45) is 0 Å². The van der Waals surface area contributed by atoms with Gasteiger partial charge >= 0.3 is 0 Å². The molecule has 2 fully saturated rings. The Hall–Kier alpha value is -1.15. The van der Waals surface area contributed by atoms with E-state index >= 15 is 0 Å². The Morgan fingerprint density at radius 1 is 1.26 bits per heavy atom. The summed E-state index contributed by atoms with van der Waals surface area (Å²) in [5.74, 6) is 3.85. The predicted octanol–water partition coefficient (Wildman–Crippen LogP) is 2.10. The molecule has 0 bridgehead atoms. The Balaban J connectivity index is 0.00000210. The monoisotopic (exact) mass is 414 g/mol. The largest absolute Gasteiger partial charge is 0.454 e. The van der Waals surface area contributed by atoms with Crippen molar-refractivity contribution < 1.29 is 19.0 Å². The molecular weight excluding hydrogens is 388 g/mol. The fourth-order valence-corrected chi connectivity index (χ4v) is 4.82. The minimum atomic E-state index is -0.108. The van der Waals surface area contributed by atoms with E-state index in [9.17, 15) is 4.79 Å². The maximum absolute atomic E-state index is 12.5. The standard InChI is InChI=1S/C19H26N2O4S.ClH/c22-18(10-15-11-26-8-5-20-15)21-12-19(3-6-23-7-4-19)14-1-2-16-17(9-14)25-13-24-16;/h1-2,9,15,20H,3-8,10-13H2,(H,21,22);1H. The van der Waals surface area contributed by atoms with E-state index in [1.54, 1.807) is 0 Å². The topological polar surface area (TPSA) is 68.8 Å². The predicted molar refractivity (Wildman–Crippen MR) is 108 cm³/mol. The van der Waals surface area contributed by atoms with Crippen molar-refractivity contribution in [3.63, 3.8) is 0 Å². The van der Waals surface area contributed by atoms with Crippen LogP contribution in [0.5, 0.6) is 11.5 Å². The molecule has 3 aliphatic rings. The molecule has 0 saturated carbocycles. The molecule has 3 heterocycles. The number of fused-ring (bicyclic) bond motifs is 1. The molecular formula is C19H27ClN2O4S. The molecule has 8 heteroatoms. The van der Waals surface area contributed by atoms with Gasteiger partial charge in [-0.3, -0.25) is 4.79 Å². The molecule has 6 nitrogen and oxygen atoms in total. The zero-order valence-electron chi connectivity index (χ0n) is 15.3. The lowest BCUT2D eigenvalue weighted by Crippen LogP contribution is -2.47. The summed E-state index contributed by atoms with van der Waals surface area (Å²) in [5, 5.41) is 6.62. The quantitative estimate of drug-likeness (QED) is 0.769. The van der Waals surface area contributed by atoms with Crippen molar-refractivity contribution >= 4 is 30.1 Å². The number of rotatable bonds is 5. The molecule has 2 saturated heterocycles. The zero-order chi connectivity index (χ0) is 17.8. The molecule has 27 heavy (non-hydrogen) atoms. The summed E-state index contributed by atoms with van der Waals surface area (Å²) in [6.45, 7) is 3.32. The summed E-state index contributed by atoms with van der Waals surface area (Å²) in [6, 6.07) is 6.42. The molecule has 1 aromatic carbocycles. The minimum absolute atomic E-state index is 0. The van der Waals surface area contributed by atoms with Gasteiger partial charge in [-0.25, -0.2) is 0 Å². The summed E-state index contributed by atoms with van der Waals surface area (Å²) in [5.41, 5.74) is 1.08. The lowest BCUT2D eigenvalue weighted by molar-refractivity contribution is -0.122. The number of halogens is 1. The SMILES string of the molecule is Cl.O=C(CC1CSCCN1)NCC1(c2ccc3c(c2)OCO3)CCOCC1. The molecule has 0 spiro atoms. The molecule has 1 amide bonds. The highest BCUT2D eigenvalue weighted by Crippen LogP contribution is 2.40. The summed E-state index contributed by atoms with van der Waals surface area (Å²) in [6.07, 6.45) is 2.33. The van der Waals surface area contributed by atoms with E-state index in [4.69, 9.17) is 14.2 Å². The van der Waals surface area contributed by atoms with Crippen LogP contribution in [-0.2, 0) is 14.9 Å². The lowest BCUT2D eigenvalue weighted by atomic mass is 9.74. The molecule has 4 rings (SSSR count). The van der Waals surface area contributed by atoms with E-state index in [-0.39, 0.29) is 36.6 Å². The maximum atomic E-state index is 12.5. The third-order valence-corrected chi connectivity index (χ3v) is 6.62. The van der Waals surface area contributed by atoms with Gasteiger partial charge in [0, 0.05) is 55.7 Å². The van der Waals surface area contributed by atoms with Crippen LogP contribution in [0.15, 0.2) is 18.2 Å². The van der Waals surface area contributed by atoms with E-state index in [0.717, 1.165) is 42.4 Å². The number of benzene rings is 1. The van der Waals surface area contributed by atoms with Crippen molar-refractivity contribution in [1.82, 2.24) is 10.6 Å². The summed E-state index contributed by atoms with van der Waals surface area (Å²) in [7, 11) is 0. The van der Waals surface area contributed by atoms with Crippen LogP contribution in [0.25, 0.3) is 0 Å². The van der Waals surface area contributed by atoms with Gasteiger partial charge in [0.05, 0.1) is 0 Å². The van der Waals surface area contributed by atoms with Gasteiger partial charge in [-0.1, -0.05) is 6.07 Å². The van der Waals surface area contributed by atoms with Gasteiger partial charge in [-0.15, -0.1) is 12.4 Å². The molecule has 1 atom stereocenters. The lowest BCUT2D eigenvalue weighted by Gasteiger charge is -2.38. The number of hydrogen-bond donors (Lipinski definition) is 2. The summed E-state index contributed by atoms with van der Waals surface area (Å²) in [4.78, 5) is 12.5. The van der Waals surface area contributed by atoms with Crippen LogP contribution in [0, 0.1) is 0 Å². The highest BCUT2D eigenvalue weighted by molar-refractivity contribution is 7.99. The second-order valence-electron chi connectivity index (χ2n) is 7.17. The van der Waals surface area contributed by atoms with Gasteiger partial charge in [-0.2, -0.15) is 11.8 Å². The second kappa shape index (κ2) is 9.37. The van der Waals surface area contributed by atoms with E-state index in [0.29, 0.717) is 26.2 Å². The average Bonchev–Trinajstić information content (AvgIpc) is 3.16. The van der Waals surface area contributed by atoms with Crippen LogP contribution >= 0.6 is 24.2 Å². The van der Waals surface area contributed by atoms with Crippen LogP contribution in [0.4, 0.5) is 0 Å². The van der Waals surface area contributed by atoms with Crippen LogP contribution in [0.2, 0.25) is 0 Å². The number of amides is 1. The first-order valence-corrected chi connectivity index (χ1v) is 10.5. The van der Waals surface area contributed by atoms with Crippen molar-refractivity contribution in [2.45, 2.75) is 30.7 Å². The van der Waals surface area contributed by atoms with Crippen molar-refractivity contribution in [1.29, 1.82) is 0 Å². The number of carbonyl (C=O) groups is 1. The van der Waals surface area contributed by atoms with Crippen LogP contribution in [0.1, 0.15) is 24.8 Å². The van der Waals surface area contributed by atoms with Crippen LogP contribution in [-0.4, -0.2) is 56.6 Å². The van der Waals surface area contributed by atoms with Gasteiger partial charge < -0.3 is 24.8 Å².